The molecule has 0 amide bonds. The van der Waals surface area contributed by atoms with E-state index in [4.69, 9.17) is 26.5 Å². The lowest BCUT2D eigenvalue weighted by Crippen LogP contribution is -2.23. The second-order valence-corrected chi connectivity index (χ2v) is 18.1. The normalized spacial score (nSPS) is 14.3. The molecule has 0 aliphatic heterocycles. The van der Waals surface area contributed by atoms with E-state index in [1.165, 1.54) is 0 Å². The van der Waals surface area contributed by atoms with Gasteiger partial charge in [-0.05, 0) is 70.2 Å². The third-order valence-electron chi connectivity index (χ3n) is 10.7. The molecule has 6 heteroatoms. The average molecular weight is 775 g/mol. The van der Waals surface area contributed by atoms with Crippen LogP contribution in [-0.2, 0) is 25.7 Å². The summed E-state index contributed by atoms with van der Waals surface area (Å²) in [5.41, 5.74) is 9.10. The summed E-state index contributed by atoms with van der Waals surface area (Å²) in [5, 5.41) is 3.42. The van der Waals surface area contributed by atoms with Gasteiger partial charge in [0.05, 0.1) is 26.4 Å². The molecular formula is C51H56BO4P-. The summed E-state index contributed by atoms with van der Waals surface area (Å²) in [7, 11) is 7.88. The van der Waals surface area contributed by atoms with Crippen molar-refractivity contribution in [3.63, 3.8) is 0 Å². The predicted octanol–water partition coefficient (Wildman–Crippen LogP) is 10.9. The van der Waals surface area contributed by atoms with E-state index in [1.807, 2.05) is 0 Å². The standard InChI is InChI=1S/C51H56BO4P/c1-5-27-53-48-37-17-14-18-38(48)32-40-20-16-22-42(50(40)55-29-7-3)34-44-36-47(57(52,46-25-12-13-26-46)45-23-10-9-11-24-45)35-43(51(44)56-30-8-4)33-41-21-15-19-39(31-37)49(41)54-28-6-2/h9-26,35-36H,5-8,27-34H2,1-4H3/q-1/t57-/m0/s1. The number of benzene rings is 5. The summed E-state index contributed by atoms with van der Waals surface area (Å²) < 4.78 is 27.0. The third kappa shape index (κ3) is 8.85. The summed E-state index contributed by atoms with van der Waals surface area (Å²) in [6.45, 7) is 8.63. The topological polar surface area (TPSA) is 36.9 Å². The van der Waals surface area contributed by atoms with Gasteiger partial charge in [0.1, 0.15) is 23.0 Å². The number of allylic oxidation sites excluding steroid dienone is 4. The molecule has 2 aliphatic rings. The fraction of sp³-hybridized carbons (Fsp3) is 0.314. The Morgan fingerprint density at radius 3 is 1.11 bits per heavy atom. The molecule has 0 fully saturated rings. The van der Waals surface area contributed by atoms with E-state index < -0.39 is 6.76 Å². The SMILES string of the molecule is [B-][P@](=C1C=CC=C1)(c1ccccc1)c1cc2c(OCCC)c(c1)Cc1cccc(c1OCCC)Cc1cccc(c1OCCC)Cc1cccc(c1OCCC)C2. The molecular weight excluding hydrogens is 718 g/mol. The predicted molar refractivity (Wildman–Crippen MR) is 242 cm³/mol. The number of ether oxygens (including phenoxy) is 4. The first-order valence-corrected chi connectivity index (χ1v) is 22.8. The fourth-order valence-corrected chi connectivity index (χ4v) is 10.9. The van der Waals surface area contributed by atoms with Crippen LogP contribution in [0.25, 0.3) is 0 Å². The Morgan fingerprint density at radius 2 is 0.754 bits per heavy atom. The van der Waals surface area contributed by atoms with Gasteiger partial charge in [0.15, 0.2) is 0 Å². The van der Waals surface area contributed by atoms with E-state index in [2.05, 4.69) is 149 Å². The minimum Gasteiger partial charge on any atom is -0.563 e. The maximum Gasteiger partial charge on any atom is 0.126 e. The van der Waals surface area contributed by atoms with E-state index in [0.29, 0.717) is 52.1 Å². The lowest BCUT2D eigenvalue weighted by Gasteiger charge is -2.40. The summed E-state index contributed by atoms with van der Waals surface area (Å²) in [6, 6.07) is 35.1. The minimum atomic E-state index is -2.56. The molecule has 2 aliphatic carbocycles. The number of para-hydroxylation sites is 3. The van der Waals surface area contributed by atoms with E-state index in [-0.39, 0.29) is 0 Å². The number of rotatable bonds is 14. The van der Waals surface area contributed by atoms with Crippen molar-refractivity contribution in [2.24, 2.45) is 0 Å². The number of hydrogen-bond donors (Lipinski definition) is 0. The molecule has 0 N–H and O–H groups in total. The van der Waals surface area contributed by atoms with Gasteiger partial charge in [-0.1, -0.05) is 165 Å². The summed E-state index contributed by atoms with van der Waals surface area (Å²) in [6.07, 6.45) is 14.9. The number of fused-ring (bicyclic) bond motifs is 8. The molecule has 0 aromatic heterocycles. The Labute approximate surface area is 342 Å². The van der Waals surface area contributed by atoms with Crippen LogP contribution in [0, 0.1) is 0 Å². The largest absolute Gasteiger partial charge is 0.563 e. The monoisotopic (exact) mass is 774 g/mol. The Morgan fingerprint density at radius 1 is 0.421 bits per heavy atom. The fourth-order valence-electron chi connectivity index (χ4n) is 8.04. The van der Waals surface area contributed by atoms with Gasteiger partial charge in [-0.15, -0.1) is 0 Å². The van der Waals surface area contributed by atoms with Crippen molar-refractivity contribution in [3.05, 3.63) is 166 Å². The Hall–Kier alpha value is -4.86. The third-order valence-corrected chi connectivity index (χ3v) is 14.0. The lowest BCUT2D eigenvalue weighted by atomic mass is 9.91. The van der Waals surface area contributed by atoms with Gasteiger partial charge in [0, 0.05) is 25.7 Å². The zero-order chi connectivity index (χ0) is 39.6. The molecule has 0 saturated carbocycles. The van der Waals surface area contributed by atoms with Crippen LogP contribution in [0.1, 0.15) is 97.9 Å². The van der Waals surface area contributed by atoms with Crippen molar-refractivity contribution in [1.82, 2.24) is 0 Å². The minimum absolute atomic E-state index is 0.609. The molecule has 5 aromatic rings. The van der Waals surface area contributed by atoms with Crippen molar-refractivity contribution in [2.75, 3.05) is 26.4 Å². The zero-order valence-corrected chi connectivity index (χ0v) is 35.1. The van der Waals surface area contributed by atoms with Crippen LogP contribution >= 0.6 is 6.76 Å². The number of hydrogen-bond acceptors (Lipinski definition) is 4. The molecule has 0 unspecified atom stereocenters. The first kappa shape index (κ1) is 40.3. The van der Waals surface area contributed by atoms with Gasteiger partial charge >= 0.3 is 0 Å². The molecule has 1 atom stereocenters. The smallest absolute Gasteiger partial charge is 0.126 e. The van der Waals surface area contributed by atoms with E-state index in [9.17, 15) is 0 Å². The molecule has 0 heterocycles. The lowest BCUT2D eigenvalue weighted by molar-refractivity contribution is 0.304. The van der Waals surface area contributed by atoms with Crippen LogP contribution in [0.5, 0.6) is 23.0 Å². The first-order valence-electron chi connectivity index (χ1n) is 20.9. The van der Waals surface area contributed by atoms with Crippen LogP contribution < -0.4 is 29.6 Å². The van der Waals surface area contributed by atoms with Crippen molar-refractivity contribution < 1.29 is 18.9 Å². The molecule has 3 radical (unpaired) electrons. The van der Waals surface area contributed by atoms with Crippen LogP contribution in [0.15, 0.2) is 121 Å². The first-order chi connectivity index (χ1) is 28.0. The Kier molecular flexibility index (Phi) is 13.5. The van der Waals surface area contributed by atoms with E-state index in [1.54, 1.807) is 0 Å². The van der Waals surface area contributed by atoms with Gasteiger partial charge < -0.3 is 26.5 Å². The quantitative estimate of drug-likeness (QED) is 0.0816. The maximum atomic E-state index is 7.88. The molecule has 293 valence electrons. The van der Waals surface area contributed by atoms with Crippen LogP contribution in [-0.4, -0.2) is 39.3 Å². The van der Waals surface area contributed by atoms with Crippen molar-refractivity contribution >= 4 is 30.2 Å². The van der Waals surface area contributed by atoms with Gasteiger partial charge in [0.2, 0.25) is 0 Å². The van der Waals surface area contributed by atoms with Crippen LogP contribution in [0.2, 0.25) is 0 Å². The van der Waals surface area contributed by atoms with Gasteiger partial charge in [-0.25, -0.2) is 0 Å². The van der Waals surface area contributed by atoms with Crippen LogP contribution in [0.4, 0.5) is 0 Å². The second-order valence-electron chi connectivity index (χ2n) is 15.1. The highest BCUT2D eigenvalue weighted by atomic mass is 31.2. The highest BCUT2D eigenvalue weighted by Gasteiger charge is 2.24. The van der Waals surface area contributed by atoms with Gasteiger partial charge in [-0.2, -0.15) is 0 Å². The average Bonchev–Trinajstić information content (AvgIpc) is 3.78. The molecule has 57 heavy (non-hydrogen) atoms. The van der Waals surface area contributed by atoms with Crippen LogP contribution in [0.3, 0.4) is 0 Å². The van der Waals surface area contributed by atoms with Crippen molar-refractivity contribution in [2.45, 2.75) is 79.1 Å². The summed E-state index contributed by atoms with van der Waals surface area (Å²) >= 11 is 0. The van der Waals surface area contributed by atoms with E-state index >= 15 is 0 Å². The zero-order valence-electron chi connectivity index (χ0n) is 34.2. The van der Waals surface area contributed by atoms with Gasteiger partial charge in [0.25, 0.3) is 0 Å². The molecule has 0 saturated heterocycles. The summed E-state index contributed by atoms with van der Waals surface area (Å²) in [4.78, 5) is 0. The van der Waals surface area contributed by atoms with Crippen molar-refractivity contribution in [1.29, 1.82) is 0 Å². The molecule has 7 rings (SSSR count). The second kappa shape index (κ2) is 19.1. The highest BCUT2D eigenvalue weighted by molar-refractivity contribution is 8.08. The van der Waals surface area contributed by atoms with Crippen molar-refractivity contribution in [3.8, 4) is 23.0 Å². The Bertz CT molecular complexity index is 2170. The molecule has 8 bridgehead atoms. The summed E-state index contributed by atoms with van der Waals surface area (Å²) in [5.74, 6) is 3.78. The van der Waals surface area contributed by atoms with Gasteiger partial charge in [-0.3, -0.25) is 6.76 Å². The Balaban J connectivity index is 1.54. The van der Waals surface area contributed by atoms with E-state index in [0.717, 1.165) is 109 Å². The molecule has 5 aromatic carbocycles. The molecule has 4 nitrogen and oxygen atoms in total. The highest BCUT2D eigenvalue weighted by Crippen LogP contribution is 2.46. The maximum absolute atomic E-state index is 7.88. The molecule has 0 spiro atoms.